The van der Waals surface area contributed by atoms with E-state index in [1.807, 2.05) is 73.7 Å². The van der Waals surface area contributed by atoms with E-state index in [2.05, 4.69) is 25.5 Å². The molecule has 2 aromatic carbocycles. The first-order valence-electron chi connectivity index (χ1n) is 12.4. The number of fused-ring (bicyclic) bond motifs is 2. The highest BCUT2D eigenvalue weighted by Gasteiger charge is 2.17. The van der Waals surface area contributed by atoms with Gasteiger partial charge in [-0.1, -0.05) is 48.0 Å². The first kappa shape index (κ1) is 24.5. The molecular formula is C30H23ClN6O2. The number of nitrogens with one attached hydrogen (secondary N) is 3. The number of aromatic nitrogens is 5. The number of pyridine rings is 3. The predicted octanol–water partition coefficient (Wildman–Crippen LogP) is 5.46. The number of aromatic amines is 2. The van der Waals surface area contributed by atoms with E-state index in [0.717, 1.165) is 39.0 Å². The summed E-state index contributed by atoms with van der Waals surface area (Å²) in [6.45, 7) is 2.27. The normalized spacial score (nSPS) is 11.2. The minimum absolute atomic E-state index is 0.0169. The zero-order valence-corrected chi connectivity index (χ0v) is 21.7. The van der Waals surface area contributed by atoms with Gasteiger partial charge in [0, 0.05) is 46.3 Å². The summed E-state index contributed by atoms with van der Waals surface area (Å²) in [5.74, 6) is -0.456. The third-order valence-electron chi connectivity index (χ3n) is 6.54. The van der Waals surface area contributed by atoms with Crippen LogP contribution in [0.3, 0.4) is 0 Å². The fourth-order valence-corrected chi connectivity index (χ4v) is 4.92. The third-order valence-corrected chi connectivity index (χ3v) is 6.84. The highest BCUT2D eigenvalue weighted by molar-refractivity contribution is 6.35. The molecule has 0 bridgehead atoms. The number of rotatable bonds is 6. The Hall–Kier alpha value is -4.82. The molecule has 0 radical (unpaired) electrons. The van der Waals surface area contributed by atoms with Crippen molar-refractivity contribution >= 4 is 39.4 Å². The Morgan fingerprint density at radius 2 is 1.79 bits per heavy atom. The van der Waals surface area contributed by atoms with Crippen molar-refractivity contribution < 1.29 is 4.79 Å². The molecule has 0 aliphatic carbocycles. The Morgan fingerprint density at radius 1 is 0.949 bits per heavy atom. The lowest BCUT2D eigenvalue weighted by atomic mass is 9.97. The summed E-state index contributed by atoms with van der Waals surface area (Å²) in [4.78, 5) is 38.0. The highest BCUT2D eigenvalue weighted by Crippen LogP contribution is 2.36. The zero-order valence-electron chi connectivity index (χ0n) is 21.0. The van der Waals surface area contributed by atoms with Crippen LogP contribution in [-0.2, 0) is 6.42 Å². The van der Waals surface area contributed by atoms with Crippen molar-refractivity contribution in [2.24, 2.45) is 0 Å². The van der Waals surface area contributed by atoms with Crippen molar-refractivity contribution in [3.8, 4) is 22.4 Å². The van der Waals surface area contributed by atoms with Gasteiger partial charge in [-0.2, -0.15) is 5.10 Å². The van der Waals surface area contributed by atoms with Gasteiger partial charge in [0.15, 0.2) is 0 Å². The number of benzene rings is 2. The molecule has 0 aliphatic heterocycles. The Morgan fingerprint density at radius 3 is 2.62 bits per heavy atom. The molecule has 4 heterocycles. The van der Waals surface area contributed by atoms with Crippen molar-refractivity contribution in [2.45, 2.75) is 13.3 Å². The molecule has 0 atom stereocenters. The lowest BCUT2D eigenvalue weighted by molar-refractivity contribution is 0.0952. The van der Waals surface area contributed by atoms with Crippen LogP contribution in [0.4, 0.5) is 0 Å². The second-order valence-corrected chi connectivity index (χ2v) is 9.68. The minimum Gasteiger partial charge on any atom is -0.351 e. The van der Waals surface area contributed by atoms with Crippen LogP contribution in [0.15, 0.2) is 83.8 Å². The van der Waals surface area contributed by atoms with E-state index < -0.39 is 11.5 Å². The van der Waals surface area contributed by atoms with Crippen LogP contribution in [0.25, 0.3) is 44.3 Å². The average Bonchev–Trinajstić information content (AvgIpc) is 3.42. The van der Waals surface area contributed by atoms with Gasteiger partial charge in [-0.25, -0.2) is 4.98 Å². The van der Waals surface area contributed by atoms with Gasteiger partial charge in [0.05, 0.1) is 22.4 Å². The van der Waals surface area contributed by atoms with Crippen LogP contribution in [0, 0.1) is 6.92 Å². The van der Waals surface area contributed by atoms with Gasteiger partial charge < -0.3 is 10.3 Å². The molecule has 1 amide bonds. The van der Waals surface area contributed by atoms with Crippen LogP contribution in [-0.4, -0.2) is 37.6 Å². The molecule has 0 aliphatic rings. The summed E-state index contributed by atoms with van der Waals surface area (Å²) in [7, 11) is 0. The molecule has 0 saturated carbocycles. The number of nitrogens with zero attached hydrogens (tertiary/aromatic N) is 3. The molecule has 0 spiro atoms. The first-order valence-corrected chi connectivity index (χ1v) is 12.8. The van der Waals surface area contributed by atoms with E-state index in [1.54, 1.807) is 12.3 Å². The fraction of sp³-hybridized carbons (Fsp3) is 0.100. The number of hydrogen-bond acceptors (Lipinski definition) is 5. The Kier molecular flexibility index (Phi) is 6.38. The lowest BCUT2D eigenvalue weighted by Crippen LogP contribution is -2.31. The molecule has 39 heavy (non-hydrogen) atoms. The van der Waals surface area contributed by atoms with Gasteiger partial charge >= 0.3 is 0 Å². The Labute approximate surface area is 228 Å². The van der Waals surface area contributed by atoms with Crippen molar-refractivity contribution in [1.29, 1.82) is 0 Å². The summed E-state index contributed by atoms with van der Waals surface area (Å²) in [6, 6.07) is 22.8. The van der Waals surface area contributed by atoms with Crippen LogP contribution >= 0.6 is 11.6 Å². The van der Waals surface area contributed by atoms with Gasteiger partial charge in [0.1, 0.15) is 11.2 Å². The number of amides is 1. The number of H-pyrrole nitrogens is 2. The number of carbonyl (C=O) groups is 1. The first-order chi connectivity index (χ1) is 19.0. The molecule has 4 aromatic heterocycles. The molecule has 0 fully saturated rings. The van der Waals surface area contributed by atoms with E-state index in [4.69, 9.17) is 16.6 Å². The smallest absolute Gasteiger partial charge is 0.262 e. The maximum atomic E-state index is 13.0. The van der Waals surface area contributed by atoms with Crippen molar-refractivity contribution in [2.75, 3.05) is 6.54 Å². The second-order valence-electron chi connectivity index (χ2n) is 9.27. The van der Waals surface area contributed by atoms with Crippen molar-refractivity contribution in [1.82, 2.24) is 30.5 Å². The van der Waals surface area contributed by atoms with E-state index in [-0.39, 0.29) is 5.56 Å². The largest absolute Gasteiger partial charge is 0.351 e. The predicted molar refractivity (Wildman–Crippen MR) is 153 cm³/mol. The van der Waals surface area contributed by atoms with Crippen LogP contribution in [0.5, 0.6) is 0 Å². The van der Waals surface area contributed by atoms with Crippen molar-refractivity contribution in [3.63, 3.8) is 0 Å². The van der Waals surface area contributed by atoms with Crippen molar-refractivity contribution in [3.05, 3.63) is 111 Å². The maximum absolute atomic E-state index is 13.0. The second kappa shape index (κ2) is 10.2. The molecule has 0 unspecified atom stereocenters. The molecule has 0 saturated heterocycles. The molecule has 3 N–H and O–H groups in total. The zero-order chi connectivity index (χ0) is 26.9. The highest BCUT2D eigenvalue weighted by atomic mass is 35.5. The summed E-state index contributed by atoms with van der Waals surface area (Å²) in [5.41, 5.74) is 5.64. The monoisotopic (exact) mass is 534 g/mol. The van der Waals surface area contributed by atoms with Gasteiger partial charge in [0.25, 0.3) is 11.5 Å². The Bertz CT molecular complexity index is 1910. The topological polar surface area (TPSA) is 116 Å². The summed E-state index contributed by atoms with van der Waals surface area (Å²) >= 11 is 6.56. The standard InChI is InChI=1S/C30H23ClN6O2/c1-17-6-5-9-22(34-17)10-11-32-29(38)24-14-20-13-23(19-12-21-16-33-37-27(21)25(31)15-19)26(18-7-3-2-4-8-18)35-28(20)36-30(24)39/h2-9,12-16H,10-11H2,1H3,(H,32,38)(H,33,37)(H,35,36,39). The molecule has 192 valence electrons. The molecular weight excluding hydrogens is 512 g/mol. The molecule has 6 rings (SSSR count). The van der Waals surface area contributed by atoms with E-state index in [0.29, 0.717) is 34.7 Å². The number of aryl methyl sites for hydroxylation is 1. The minimum atomic E-state index is -0.504. The van der Waals surface area contributed by atoms with E-state index in [1.165, 1.54) is 0 Å². The average molecular weight is 535 g/mol. The number of carbonyl (C=O) groups excluding carboxylic acids is 1. The summed E-state index contributed by atoms with van der Waals surface area (Å²) < 4.78 is 0. The maximum Gasteiger partial charge on any atom is 0.262 e. The van der Waals surface area contributed by atoms with Crippen LogP contribution < -0.4 is 10.9 Å². The quantitative estimate of drug-likeness (QED) is 0.262. The summed E-state index contributed by atoms with van der Waals surface area (Å²) in [6.07, 6.45) is 2.27. The van der Waals surface area contributed by atoms with Crippen LogP contribution in [0.2, 0.25) is 5.02 Å². The molecule has 8 nitrogen and oxygen atoms in total. The summed E-state index contributed by atoms with van der Waals surface area (Å²) in [5, 5.41) is 11.9. The molecule has 6 aromatic rings. The third kappa shape index (κ3) is 4.89. The van der Waals surface area contributed by atoms with Gasteiger partial charge in [-0.15, -0.1) is 0 Å². The van der Waals surface area contributed by atoms with E-state index in [9.17, 15) is 9.59 Å². The molecule has 9 heteroatoms. The van der Waals surface area contributed by atoms with Gasteiger partial charge in [-0.05, 0) is 48.9 Å². The lowest BCUT2D eigenvalue weighted by Gasteiger charge is -2.13. The van der Waals surface area contributed by atoms with Gasteiger partial charge in [0.2, 0.25) is 0 Å². The number of halogens is 1. The Balaban J connectivity index is 1.40. The number of hydrogen-bond donors (Lipinski definition) is 3. The van der Waals surface area contributed by atoms with Crippen LogP contribution in [0.1, 0.15) is 21.7 Å². The van der Waals surface area contributed by atoms with Gasteiger partial charge in [-0.3, -0.25) is 19.7 Å². The van der Waals surface area contributed by atoms with E-state index >= 15 is 0 Å². The fourth-order valence-electron chi connectivity index (χ4n) is 4.65. The SMILES string of the molecule is Cc1cccc(CCNC(=O)c2cc3cc(-c4cc(Cl)c5[nH]ncc5c4)c(-c4ccccc4)nc3[nH]c2=O)n1.